The number of rotatable bonds is 5. The first-order valence-electron chi connectivity index (χ1n) is 9.18. The highest BCUT2D eigenvalue weighted by Gasteiger charge is 2.47. The average molecular weight is 418 g/mol. The summed E-state index contributed by atoms with van der Waals surface area (Å²) in [6, 6.07) is -0.942. The van der Waals surface area contributed by atoms with Crippen LogP contribution in [0.4, 0.5) is 24.5 Å². The number of fused-ring (bicyclic) bond motifs is 1. The van der Waals surface area contributed by atoms with Crippen molar-refractivity contribution in [3.8, 4) is 5.88 Å². The van der Waals surface area contributed by atoms with E-state index >= 15 is 0 Å². The summed E-state index contributed by atoms with van der Waals surface area (Å²) in [4.78, 5) is 28.0. The highest BCUT2D eigenvalue weighted by molar-refractivity contribution is 5.76. The smallest absolute Gasteiger partial charge is 0.393 e. The van der Waals surface area contributed by atoms with Crippen LogP contribution in [-0.2, 0) is 16.0 Å². The third kappa shape index (κ3) is 4.36. The number of alkyl halides is 3. The van der Waals surface area contributed by atoms with Crippen molar-refractivity contribution in [2.45, 2.75) is 44.5 Å². The number of carbonyl (C=O) groups excluding carboxylic acids is 1. The van der Waals surface area contributed by atoms with Crippen molar-refractivity contribution in [2.75, 3.05) is 24.6 Å². The van der Waals surface area contributed by atoms with Crippen molar-refractivity contribution < 1.29 is 32.4 Å². The molecular weight excluding hydrogens is 397 g/mol. The Labute approximate surface area is 164 Å². The molecule has 2 aliphatic heterocycles. The van der Waals surface area contributed by atoms with Crippen LogP contribution in [0.2, 0.25) is 0 Å². The molecule has 0 aliphatic carbocycles. The number of aromatic nitrogens is 1. The molecule has 1 fully saturated rings. The highest BCUT2D eigenvalue weighted by Crippen LogP contribution is 2.43. The van der Waals surface area contributed by atoms with Crippen LogP contribution in [0.15, 0.2) is 6.20 Å². The van der Waals surface area contributed by atoms with Crippen molar-refractivity contribution in [1.82, 2.24) is 4.98 Å². The molecule has 2 N–H and O–H groups in total. The molecule has 29 heavy (non-hydrogen) atoms. The van der Waals surface area contributed by atoms with E-state index in [1.54, 1.807) is 6.92 Å². The van der Waals surface area contributed by atoms with Crippen LogP contribution in [0.25, 0.3) is 0 Å². The number of pyridine rings is 1. The van der Waals surface area contributed by atoms with Gasteiger partial charge in [-0.05, 0) is 12.8 Å². The van der Waals surface area contributed by atoms with Gasteiger partial charge in [0.15, 0.2) is 0 Å². The lowest BCUT2D eigenvalue weighted by Gasteiger charge is -2.39. The third-order valence-electron chi connectivity index (χ3n) is 5.09. The van der Waals surface area contributed by atoms with Crippen molar-refractivity contribution in [3.05, 3.63) is 21.9 Å². The molecule has 2 aliphatic rings. The molecule has 0 radical (unpaired) electrons. The summed E-state index contributed by atoms with van der Waals surface area (Å²) in [5.41, 5.74) is 5.62. The number of nitrogens with two attached hydrogens (primary N) is 1. The number of esters is 1. The maximum atomic E-state index is 13.5. The molecule has 3 atom stereocenters. The molecule has 0 aromatic carbocycles. The van der Waals surface area contributed by atoms with Crippen LogP contribution in [0.5, 0.6) is 5.88 Å². The molecule has 1 aromatic rings. The fourth-order valence-electron chi connectivity index (χ4n) is 3.58. The van der Waals surface area contributed by atoms with E-state index in [-0.39, 0.29) is 37.6 Å². The summed E-state index contributed by atoms with van der Waals surface area (Å²) >= 11 is 0. The number of anilines is 1. The van der Waals surface area contributed by atoms with E-state index in [0.29, 0.717) is 5.56 Å². The minimum absolute atomic E-state index is 0.0345. The summed E-state index contributed by atoms with van der Waals surface area (Å²) in [5.74, 6) is -2.45. The summed E-state index contributed by atoms with van der Waals surface area (Å²) in [5, 5.41) is 11.5. The molecule has 0 saturated carbocycles. The number of hydrogen-bond donors (Lipinski definition) is 1. The molecule has 3 heterocycles. The van der Waals surface area contributed by atoms with Gasteiger partial charge < -0.3 is 20.1 Å². The van der Waals surface area contributed by atoms with Gasteiger partial charge in [0.25, 0.3) is 0 Å². The van der Waals surface area contributed by atoms with Gasteiger partial charge in [-0.25, -0.2) is 4.98 Å². The fraction of sp³-hybridized carbons (Fsp3) is 0.647. The second-order valence-electron chi connectivity index (χ2n) is 7.08. The second kappa shape index (κ2) is 8.01. The predicted octanol–water partition coefficient (Wildman–Crippen LogP) is 1.96. The Morgan fingerprint density at radius 3 is 2.86 bits per heavy atom. The minimum atomic E-state index is -4.56. The van der Waals surface area contributed by atoms with Gasteiger partial charge >= 0.3 is 17.8 Å². The van der Waals surface area contributed by atoms with Gasteiger partial charge in [0.2, 0.25) is 5.88 Å². The molecule has 12 heteroatoms. The largest absolute Gasteiger partial charge is 0.477 e. The molecule has 1 aromatic heterocycles. The van der Waals surface area contributed by atoms with E-state index in [1.165, 1.54) is 4.90 Å². The lowest BCUT2D eigenvalue weighted by Crippen LogP contribution is -2.50. The summed E-state index contributed by atoms with van der Waals surface area (Å²) in [6.07, 6.45) is -4.55. The van der Waals surface area contributed by atoms with Crippen LogP contribution in [-0.4, -0.2) is 53.9 Å². The van der Waals surface area contributed by atoms with E-state index in [2.05, 4.69) is 4.98 Å². The molecule has 9 nitrogen and oxygen atoms in total. The zero-order valence-corrected chi connectivity index (χ0v) is 15.6. The molecule has 160 valence electrons. The van der Waals surface area contributed by atoms with E-state index in [0.717, 1.165) is 6.20 Å². The molecule has 1 unspecified atom stereocenters. The number of hydrogen-bond acceptors (Lipinski definition) is 8. The average Bonchev–Trinajstić information content (AvgIpc) is 3.14. The topological polar surface area (TPSA) is 121 Å². The maximum Gasteiger partial charge on any atom is 0.393 e. The lowest BCUT2D eigenvalue weighted by atomic mass is 9.94. The number of carbonyl (C=O) groups is 1. The van der Waals surface area contributed by atoms with Gasteiger partial charge in [-0.1, -0.05) is 6.92 Å². The lowest BCUT2D eigenvalue weighted by molar-refractivity contribution is -0.384. The maximum absolute atomic E-state index is 13.5. The van der Waals surface area contributed by atoms with Gasteiger partial charge in [-0.2, -0.15) is 13.2 Å². The first-order valence-corrected chi connectivity index (χ1v) is 9.18. The minimum Gasteiger partial charge on any atom is -0.477 e. The number of nitro groups is 1. The van der Waals surface area contributed by atoms with E-state index in [9.17, 15) is 28.1 Å². The number of piperidine rings is 1. The fourth-order valence-corrected chi connectivity index (χ4v) is 3.58. The Balaban J connectivity index is 1.97. The Kier molecular flexibility index (Phi) is 5.82. The van der Waals surface area contributed by atoms with Crippen molar-refractivity contribution in [1.29, 1.82) is 0 Å². The zero-order valence-electron chi connectivity index (χ0n) is 15.6. The molecule has 3 rings (SSSR count). The zero-order chi connectivity index (χ0) is 21.3. The van der Waals surface area contributed by atoms with Crippen LogP contribution in [0, 0.1) is 16.0 Å². The summed E-state index contributed by atoms with van der Waals surface area (Å²) in [7, 11) is 0. The standard InChI is InChI=1S/C17H21F3N4O5/c1-2-12(21)16(25)29-10-5-9(17(18,19)20)7-23(8-10)14-11-3-4-28-15(11)22-6-13(14)24(26)27/h6,9-10,12H,2-5,7-8,21H2,1H3/t9-,10+,12?/m1/s1. The van der Waals surface area contributed by atoms with E-state index < -0.39 is 53.8 Å². The molecule has 0 amide bonds. The monoisotopic (exact) mass is 418 g/mol. The number of halogens is 3. The molecular formula is C17H21F3N4O5. The quantitative estimate of drug-likeness (QED) is 0.438. The number of nitrogens with zero attached hydrogens (tertiary/aromatic N) is 3. The van der Waals surface area contributed by atoms with Gasteiger partial charge in [-0.3, -0.25) is 14.9 Å². The van der Waals surface area contributed by atoms with Crippen LogP contribution in [0.1, 0.15) is 25.3 Å². The van der Waals surface area contributed by atoms with Crippen LogP contribution in [0.3, 0.4) is 0 Å². The van der Waals surface area contributed by atoms with E-state index in [1.807, 2.05) is 0 Å². The summed E-state index contributed by atoms with van der Waals surface area (Å²) < 4.78 is 51.1. The normalized spacial score (nSPS) is 22.6. The van der Waals surface area contributed by atoms with Gasteiger partial charge in [0.1, 0.15) is 24.0 Å². The third-order valence-corrected chi connectivity index (χ3v) is 5.09. The Hall–Kier alpha value is -2.63. The first kappa shape index (κ1) is 21.1. The number of ether oxygens (including phenoxy) is 2. The van der Waals surface area contributed by atoms with Gasteiger partial charge in [0, 0.05) is 18.5 Å². The first-order chi connectivity index (χ1) is 13.6. The molecule has 1 saturated heterocycles. The van der Waals surface area contributed by atoms with Crippen LogP contribution < -0.4 is 15.4 Å². The van der Waals surface area contributed by atoms with Crippen LogP contribution >= 0.6 is 0 Å². The Morgan fingerprint density at radius 1 is 1.52 bits per heavy atom. The highest BCUT2D eigenvalue weighted by atomic mass is 19.4. The van der Waals surface area contributed by atoms with Gasteiger partial charge in [0.05, 0.1) is 24.0 Å². The van der Waals surface area contributed by atoms with E-state index in [4.69, 9.17) is 15.2 Å². The van der Waals surface area contributed by atoms with Crippen molar-refractivity contribution in [3.63, 3.8) is 0 Å². The molecule has 0 spiro atoms. The van der Waals surface area contributed by atoms with Gasteiger partial charge in [-0.15, -0.1) is 0 Å². The SMILES string of the molecule is CCC(N)C(=O)O[C@H]1C[C@@H](C(F)(F)F)CN(c2c([N+](=O)[O-])cnc3c2CCO3)C1. The van der Waals surface area contributed by atoms with Crippen molar-refractivity contribution >= 4 is 17.3 Å². The summed E-state index contributed by atoms with van der Waals surface area (Å²) in [6.45, 7) is 1.28. The Morgan fingerprint density at radius 2 is 2.24 bits per heavy atom. The Bertz CT molecular complexity index is 804. The van der Waals surface area contributed by atoms with Crippen molar-refractivity contribution in [2.24, 2.45) is 11.7 Å². The second-order valence-corrected chi connectivity index (χ2v) is 7.08. The molecule has 0 bridgehead atoms. The predicted molar refractivity (Wildman–Crippen MR) is 94.6 cm³/mol.